The predicted octanol–water partition coefficient (Wildman–Crippen LogP) is 6.05. The monoisotopic (exact) mass is 979 g/mol. The molecule has 2 fully saturated rings. The third-order valence-electron chi connectivity index (χ3n) is 12.7. The third-order valence-corrected chi connectivity index (χ3v) is 14.8. The van der Waals surface area contributed by atoms with Gasteiger partial charge in [-0.1, -0.05) is 68.4 Å². The number of aromatic nitrogens is 8. The summed E-state index contributed by atoms with van der Waals surface area (Å²) in [6.45, 7) is 4.31. The number of nitrogens with two attached hydrogens (primary N) is 2. The summed E-state index contributed by atoms with van der Waals surface area (Å²) < 4.78 is 72.0. The third kappa shape index (κ3) is 9.32. The van der Waals surface area contributed by atoms with Gasteiger partial charge in [-0.25, -0.2) is 39.1 Å². The first kappa shape index (κ1) is 48.9. The zero-order chi connectivity index (χ0) is 49.0. The zero-order valence-corrected chi connectivity index (χ0v) is 40.4. The molecule has 5 N–H and O–H groups in total. The van der Waals surface area contributed by atoms with E-state index in [0.29, 0.717) is 59.8 Å². The Kier molecular flexibility index (Phi) is 14.7. The van der Waals surface area contributed by atoms with E-state index in [4.69, 9.17) is 48.9 Å². The van der Waals surface area contributed by atoms with Gasteiger partial charge < -0.3 is 45.0 Å². The Bertz CT molecular complexity index is 2840. The molecule has 2 aliphatic heterocycles. The lowest BCUT2D eigenvalue weighted by Crippen LogP contribution is -2.39. The lowest BCUT2D eigenvalue weighted by atomic mass is 9.80. The Labute approximate surface area is 404 Å². The molecule has 8 atom stereocenters. The van der Waals surface area contributed by atoms with Crippen molar-refractivity contribution in [1.82, 2.24) is 43.7 Å². The van der Waals surface area contributed by atoms with Gasteiger partial charge in [-0.2, -0.15) is 0 Å². The molecule has 0 radical (unpaired) electrons. The number of methoxy groups -OCH3 is 3. The number of anilines is 2. The average Bonchev–Trinajstić information content (AvgIpc) is 4.19. The van der Waals surface area contributed by atoms with Gasteiger partial charge in [0.25, 0.3) is 0 Å². The fourth-order valence-electron chi connectivity index (χ4n) is 9.28. The molecule has 0 bridgehead atoms. The minimum absolute atomic E-state index is 0.0754. The first-order valence-corrected chi connectivity index (χ1v) is 24.6. The van der Waals surface area contributed by atoms with Crippen LogP contribution in [0.3, 0.4) is 0 Å². The van der Waals surface area contributed by atoms with Crippen LogP contribution < -0.4 is 20.9 Å². The maximum atomic E-state index is 15.9. The quantitative estimate of drug-likeness (QED) is 0.0547. The van der Waals surface area contributed by atoms with Gasteiger partial charge in [0.15, 0.2) is 29.2 Å². The second-order valence-electron chi connectivity index (χ2n) is 17.0. The van der Waals surface area contributed by atoms with Crippen LogP contribution in [0, 0.1) is 0 Å². The van der Waals surface area contributed by atoms with Crippen LogP contribution in [0.2, 0.25) is 0 Å². The van der Waals surface area contributed by atoms with Gasteiger partial charge in [0.05, 0.1) is 40.1 Å². The number of nitrogens with zero attached hydrogens (tertiary/aromatic N) is 9. The smallest absolute Gasteiger partial charge is 0.408 e. The summed E-state index contributed by atoms with van der Waals surface area (Å²) >= 11 is 0. The van der Waals surface area contributed by atoms with Crippen LogP contribution in [-0.4, -0.2) is 127 Å². The number of benzene rings is 3. The number of aliphatic hydroxyl groups excluding tert-OH is 1. The minimum atomic E-state index is -4.29. The van der Waals surface area contributed by atoms with E-state index in [9.17, 15) is 5.11 Å². The van der Waals surface area contributed by atoms with Crippen LogP contribution in [0.4, 0.5) is 11.6 Å². The van der Waals surface area contributed by atoms with E-state index in [1.807, 2.05) is 92.7 Å². The van der Waals surface area contributed by atoms with Gasteiger partial charge in [-0.15, -0.1) is 0 Å². The van der Waals surface area contributed by atoms with E-state index in [0.717, 1.165) is 16.7 Å². The van der Waals surface area contributed by atoms with Crippen molar-refractivity contribution in [2.45, 2.75) is 81.7 Å². The van der Waals surface area contributed by atoms with Crippen molar-refractivity contribution >= 4 is 41.7 Å². The maximum Gasteiger partial charge on any atom is 0.408 e. The normalized spacial score (nSPS) is 22.5. The van der Waals surface area contributed by atoms with Crippen molar-refractivity contribution in [3.8, 4) is 11.5 Å². The number of hydrogen-bond donors (Lipinski definition) is 3. The van der Waals surface area contributed by atoms with E-state index < -0.39 is 56.3 Å². The molecule has 70 heavy (non-hydrogen) atoms. The number of nitrogen functional groups attached to an aromatic ring is 2. The highest BCUT2D eigenvalue weighted by Gasteiger charge is 2.50. The molecule has 0 saturated carbocycles. The lowest BCUT2D eigenvalue weighted by molar-refractivity contribution is -0.0934. The standard InChI is InChI=1S/C48H58N11O10P/c1-6-21-57(22-7-2)70(61,66-25-37-41(60)42(64-5)47(68-37)59-29-56-40-44(50)52-27-54-46(40)59)69-35-23-38(58-28-55-39-43(49)51-26-53-45(39)58)67-36(35)24-65-48(30-11-9-8-10-12-30,31-13-17-33(62-3)18-14-31)32-15-19-34(63-4)20-16-32/h8-20,26-29,35-38,41-42,47,60H,6-7,21-25H2,1-5H3,(H2,49,51,53)(H2,50,52,54)/t35-,36+,37+,38+,41+,42+,47+,70?/m0/s1. The fraction of sp³-hybridized carbons (Fsp3) is 0.417. The van der Waals surface area contributed by atoms with Crippen LogP contribution in [0.1, 0.15) is 62.3 Å². The summed E-state index contributed by atoms with van der Waals surface area (Å²) in [5, 5.41) is 11.7. The molecule has 7 aromatic rings. The van der Waals surface area contributed by atoms with E-state index in [2.05, 4.69) is 29.9 Å². The molecule has 0 aliphatic carbocycles. The molecule has 6 heterocycles. The Balaban J connectivity index is 1.08. The van der Waals surface area contributed by atoms with E-state index >= 15 is 4.57 Å². The van der Waals surface area contributed by atoms with Crippen molar-refractivity contribution in [2.24, 2.45) is 0 Å². The number of rotatable bonds is 21. The van der Waals surface area contributed by atoms with Crippen LogP contribution in [0.15, 0.2) is 104 Å². The first-order valence-electron chi connectivity index (χ1n) is 23.1. The topological polar surface area (TPSA) is 254 Å². The Morgan fingerprint density at radius 2 is 1.29 bits per heavy atom. The number of hydrogen-bond acceptors (Lipinski definition) is 18. The number of fused-ring (bicyclic) bond motifs is 2. The van der Waals surface area contributed by atoms with E-state index in [-0.39, 0.29) is 31.3 Å². The van der Waals surface area contributed by atoms with Crippen LogP contribution in [-0.2, 0) is 38.2 Å². The molecule has 0 spiro atoms. The molecule has 9 rings (SSSR count). The molecular weight excluding hydrogens is 922 g/mol. The summed E-state index contributed by atoms with van der Waals surface area (Å²) in [4.78, 5) is 25.9. The average molecular weight is 980 g/mol. The summed E-state index contributed by atoms with van der Waals surface area (Å²) in [5.74, 6) is 1.74. The van der Waals surface area contributed by atoms with Gasteiger partial charge in [-0.3, -0.25) is 18.2 Å². The maximum absolute atomic E-state index is 15.9. The SMILES string of the molecule is CCCN(CCC)P(=O)(OC[C@H]1O[C@@H](n2cnc3c(N)ncnc32)[C@H](OC)[C@@H]1O)O[C@H]1C[C@H](n2cnc3c(N)ncnc32)O[C@@H]1COC(c1ccccc1)(c1ccc(OC)cc1)c1ccc(OC)cc1. The van der Waals surface area contributed by atoms with Gasteiger partial charge in [-0.05, 0) is 53.8 Å². The lowest BCUT2D eigenvalue weighted by Gasteiger charge is -2.38. The predicted molar refractivity (Wildman–Crippen MR) is 258 cm³/mol. The van der Waals surface area contributed by atoms with E-state index in [1.165, 1.54) is 26.1 Å². The summed E-state index contributed by atoms with van der Waals surface area (Å²) in [6.07, 6.45) is 0.641. The highest BCUT2D eigenvalue weighted by molar-refractivity contribution is 7.51. The largest absolute Gasteiger partial charge is 0.497 e. The van der Waals surface area contributed by atoms with Crippen molar-refractivity contribution in [1.29, 1.82) is 0 Å². The number of aliphatic hydroxyl groups is 1. The highest BCUT2D eigenvalue weighted by Crippen LogP contribution is 2.56. The van der Waals surface area contributed by atoms with Crippen molar-refractivity contribution < 1.29 is 47.1 Å². The Morgan fingerprint density at radius 1 is 0.729 bits per heavy atom. The second-order valence-corrected chi connectivity index (χ2v) is 18.9. The minimum Gasteiger partial charge on any atom is -0.497 e. The number of ether oxygens (including phenoxy) is 6. The molecule has 21 nitrogen and oxygen atoms in total. The molecule has 0 amide bonds. The second kappa shape index (κ2) is 21.1. The summed E-state index contributed by atoms with van der Waals surface area (Å²) in [5.41, 5.74) is 15.1. The van der Waals surface area contributed by atoms with Gasteiger partial charge in [0.2, 0.25) is 0 Å². The molecular formula is C48H58N11O10P. The summed E-state index contributed by atoms with van der Waals surface area (Å²) in [7, 11) is 0.416. The molecule has 370 valence electrons. The summed E-state index contributed by atoms with van der Waals surface area (Å²) in [6, 6.07) is 25.3. The number of imidazole rings is 2. The van der Waals surface area contributed by atoms with Crippen molar-refractivity contribution in [3.63, 3.8) is 0 Å². The highest BCUT2D eigenvalue weighted by atomic mass is 31.2. The van der Waals surface area contributed by atoms with Gasteiger partial charge >= 0.3 is 7.75 Å². The first-order chi connectivity index (χ1) is 34.0. The molecule has 22 heteroatoms. The van der Waals surface area contributed by atoms with E-state index in [1.54, 1.807) is 34.4 Å². The Hall–Kier alpha value is -6.13. The molecule has 1 unspecified atom stereocenters. The zero-order valence-electron chi connectivity index (χ0n) is 39.6. The van der Waals surface area contributed by atoms with Gasteiger partial charge in [0, 0.05) is 26.6 Å². The fourth-order valence-corrected chi connectivity index (χ4v) is 11.4. The molecule has 4 aromatic heterocycles. The van der Waals surface area contributed by atoms with Crippen LogP contribution in [0.5, 0.6) is 11.5 Å². The van der Waals surface area contributed by atoms with Gasteiger partial charge in [0.1, 0.15) is 77.5 Å². The van der Waals surface area contributed by atoms with Crippen molar-refractivity contribution in [3.05, 3.63) is 121 Å². The van der Waals surface area contributed by atoms with Crippen molar-refractivity contribution in [2.75, 3.05) is 59.1 Å². The van der Waals surface area contributed by atoms with Crippen LogP contribution in [0.25, 0.3) is 22.3 Å². The molecule has 2 aliphatic rings. The Morgan fingerprint density at radius 3 is 1.84 bits per heavy atom. The molecule has 2 saturated heterocycles. The van der Waals surface area contributed by atoms with Crippen LogP contribution >= 0.6 is 7.75 Å². The molecule has 3 aromatic carbocycles.